The quantitative estimate of drug-likeness (QED) is 0.620. The van der Waals surface area contributed by atoms with Crippen LogP contribution in [0.25, 0.3) is 0 Å². The minimum atomic E-state index is -3.40. The first kappa shape index (κ1) is 19.9. The molecule has 0 aliphatic rings. The van der Waals surface area contributed by atoms with Crippen molar-refractivity contribution in [1.82, 2.24) is 5.32 Å². The summed E-state index contributed by atoms with van der Waals surface area (Å²) in [6.45, 7) is 6.69. The molecule has 2 atom stereocenters. The molecular formula is C13H29NO4S2. The highest BCUT2D eigenvalue weighted by atomic mass is 32.2. The van der Waals surface area contributed by atoms with E-state index in [0.717, 1.165) is 32.1 Å². The Bertz CT molecular complexity index is 457. The van der Waals surface area contributed by atoms with Crippen LogP contribution in [0, 0.1) is 0 Å². The van der Waals surface area contributed by atoms with Gasteiger partial charge in [0.05, 0.1) is 16.8 Å². The van der Waals surface area contributed by atoms with E-state index in [1.165, 1.54) is 0 Å². The molecule has 0 spiro atoms. The van der Waals surface area contributed by atoms with Crippen molar-refractivity contribution in [2.24, 2.45) is 0 Å². The van der Waals surface area contributed by atoms with Gasteiger partial charge in [-0.2, -0.15) is 0 Å². The average molecular weight is 328 g/mol. The molecule has 0 aromatic carbocycles. The van der Waals surface area contributed by atoms with E-state index in [2.05, 4.69) is 5.32 Å². The Kier molecular flexibility index (Phi) is 8.93. The lowest BCUT2D eigenvalue weighted by atomic mass is 10.1. The van der Waals surface area contributed by atoms with Crippen molar-refractivity contribution in [1.29, 1.82) is 0 Å². The van der Waals surface area contributed by atoms with Crippen LogP contribution in [-0.4, -0.2) is 52.4 Å². The summed E-state index contributed by atoms with van der Waals surface area (Å²) >= 11 is 0. The Balaban J connectivity index is 4.98. The van der Waals surface area contributed by atoms with Gasteiger partial charge in [0.25, 0.3) is 0 Å². The first-order valence-electron chi connectivity index (χ1n) is 7.30. The maximum atomic E-state index is 12.4. The number of hydrogen-bond acceptors (Lipinski definition) is 5. The average Bonchev–Trinajstić information content (AvgIpc) is 2.33. The summed E-state index contributed by atoms with van der Waals surface area (Å²) in [6.07, 6.45) is 4.21. The van der Waals surface area contributed by atoms with Crippen LogP contribution in [0.1, 0.15) is 46.5 Å². The molecule has 0 radical (unpaired) electrons. The molecule has 0 fully saturated rings. The second kappa shape index (κ2) is 9.00. The van der Waals surface area contributed by atoms with Crippen molar-refractivity contribution >= 4 is 19.7 Å². The summed E-state index contributed by atoms with van der Waals surface area (Å²) in [5, 5.41) is 2.79. The van der Waals surface area contributed by atoms with E-state index in [4.69, 9.17) is 0 Å². The van der Waals surface area contributed by atoms with Crippen molar-refractivity contribution in [3.63, 3.8) is 0 Å². The lowest BCUT2D eigenvalue weighted by molar-refractivity contribution is 0.436. The molecule has 0 bridgehead atoms. The lowest BCUT2D eigenvalue weighted by Gasteiger charge is -2.27. The Morgan fingerprint density at radius 2 is 1.55 bits per heavy atom. The lowest BCUT2D eigenvalue weighted by Crippen LogP contribution is -2.45. The Labute approximate surface area is 124 Å². The van der Waals surface area contributed by atoms with E-state index in [0.29, 0.717) is 6.42 Å². The third-order valence-electron chi connectivity index (χ3n) is 3.31. The van der Waals surface area contributed by atoms with Crippen LogP contribution in [0.4, 0.5) is 0 Å². The fourth-order valence-electron chi connectivity index (χ4n) is 2.27. The van der Waals surface area contributed by atoms with Gasteiger partial charge in [0.15, 0.2) is 9.84 Å². The van der Waals surface area contributed by atoms with E-state index in [1.807, 2.05) is 20.8 Å². The maximum Gasteiger partial charge on any atom is 0.155 e. The van der Waals surface area contributed by atoms with Gasteiger partial charge in [-0.05, 0) is 25.8 Å². The van der Waals surface area contributed by atoms with Crippen LogP contribution in [0.5, 0.6) is 0 Å². The Morgan fingerprint density at radius 3 is 1.95 bits per heavy atom. The fraction of sp³-hybridized carbons (Fsp3) is 1.00. The second-order valence-electron chi connectivity index (χ2n) is 5.29. The van der Waals surface area contributed by atoms with E-state index in [-0.39, 0.29) is 17.5 Å². The molecule has 0 saturated carbocycles. The maximum absolute atomic E-state index is 12.4. The van der Waals surface area contributed by atoms with Gasteiger partial charge in [-0.15, -0.1) is 0 Å². The van der Waals surface area contributed by atoms with Gasteiger partial charge in [0.1, 0.15) is 9.84 Å². The van der Waals surface area contributed by atoms with E-state index < -0.39 is 24.9 Å². The van der Waals surface area contributed by atoms with Crippen molar-refractivity contribution in [3.8, 4) is 0 Å². The number of rotatable bonds is 11. The van der Waals surface area contributed by atoms with Gasteiger partial charge in [-0.25, -0.2) is 16.8 Å². The van der Waals surface area contributed by atoms with E-state index in [9.17, 15) is 16.8 Å². The zero-order valence-electron chi connectivity index (χ0n) is 13.1. The van der Waals surface area contributed by atoms with E-state index >= 15 is 0 Å². The van der Waals surface area contributed by atoms with Gasteiger partial charge in [-0.1, -0.05) is 27.2 Å². The number of sulfone groups is 2. The Hall–Kier alpha value is -0.140. The van der Waals surface area contributed by atoms with Gasteiger partial charge in [-0.3, -0.25) is 0 Å². The SMILES string of the molecule is CCCNC(CCC)C(CC)S(=O)(=O)CCS(C)(=O)=O. The molecule has 1 N–H and O–H groups in total. The van der Waals surface area contributed by atoms with Crippen molar-refractivity contribution in [2.75, 3.05) is 24.3 Å². The molecule has 0 heterocycles. The highest BCUT2D eigenvalue weighted by molar-refractivity contribution is 7.95. The predicted octanol–water partition coefficient (Wildman–Crippen LogP) is 1.39. The summed E-state index contributed by atoms with van der Waals surface area (Å²) in [5.41, 5.74) is 0. The van der Waals surface area contributed by atoms with Crippen LogP contribution in [0.2, 0.25) is 0 Å². The molecular weight excluding hydrogens is 298 g/mol. The standard InChI is InChI=1S/C13H29NO4S2/c1-5-8-12(14-9-6-2)13(7-3)20(17,18)11-10-19(4,15)16/h12-14H,5-11H2,1-4H3. The van der Waals surface area contributed by atoms with Crippen molar-refractivity contribution < 1.29 is 16.8 Å². The Morgan fingerprint density at radius 1 is 0.950 bits per heavy atom. The molecule has 2 unspecified atom stereocenters. The smallest absolute Gasteiger partial charge is 0.155 e. The minimum absolute atomic E-state index is 0.0884. The highest BCUT2D eigenvalue weighted by Gasteiger charge is 2.31. The van der Waals surface area contributed by atoms with Crippen molar-refractivity contribution in [2.45, 2.75) is 57.7 Å². The van der Waals surface area contributed by atoms with Gasteiger partial charge < -0.3 is 5.32 Å². The van der Waals surface area contributed by atoms with Gasteiger partial charge >= 0.3 is 0 Å². The minimum Gasteiger partial charge on any atom is -0.313 e. The normalized spacial score (nSPS) is 16.0. The van der Waals surface area contributed by atoms with Crippen LogP contribution < -0.4 is 5.32 Å². The molecule has 122 valence electrons. The highest BCUT2D eigenvalue weighted by Crippen LogP contribution is 2.16. The van der Waals surface area contributed by atoms with Crippen LogP contribution in [0.3, 0.4) is 0 Å². The first-order chi connectivity index (χ1) is 9.18. The van der Waals surface area contributed by atoms with E-state index in [1.54, 1.807) is 0 Å². The van der Waals surface area contributed by atoms with Gasteiger partial charge in [0, 0.05) is 12.3 Å². The molecule has 0 aromatic rings. The monoisotopic (exact) mass is 327 g/mol. The summed E-state index contributed by atoms with van der Waals surface area (Å²) in [4.78, 5) is 0. The first-order valence-corrected chi connectivity index (χ1v) is 11.1. The number of hydrogen-bond donors (Lipinski definition) is 1. The molecule has 0 rings (SSSR count). The molecule has 0 aromatic heterocycles. The third kappa shape index (κ3) is 7.59. The topological polar surface area (TPSA) is 80.3 Å². The van der Waals surface area contributed by atoms with Crippen molar-refractivity contribution in [3.05, 3.63) is 0 Å². The zero-order valence-corrected chi connectivity index (χ0v) is 14.7. The molecule has 0 aliphatic carbocycles. The molecule has 20 heavy (non-hydrogen) atoms. The summed E-state index contributed by atoms with van der Waals surface area (Å²) in [7, 11) is -6.65. The molecule has 0 aliphatic heterocycles. The third-order valence-corrected chi connectivity index (χ3v) is 6.87. The zero-order chi connectivity index (χ0) is 15.8. The summed E-state index contributed by atoms with van der Waals surface area (Å²) in [5.74, 6) is -0.573. The van der Waals surface area contributed by atoms with Crippen LogP contribution >= 0.6 is 0 Å². The van der Waals surface area contributed by atoms with Crippen LogP contribution in [0.15, 0.2) is 0 Å². The number of nitrogens with one attached hydrogen (secondary N) is 1. The van der Waals surface area contributed by atoms with Crippen LogP contribution in [-0.2, 0) is 19.7 Å². The predicted molar refractivity (Wildman–Crippen MR) is 84.6 cm³/mol. The largest absolute Gasteiger partial charge is 0.313 e. The summed E-state index contributed by atoms with van der Waals surface area (Å²) < 4.78 is 47.1. The fourth-order valence-corrected chi connectivity index (χ4v) is 5.95. The second-order valence-corrected chi connectivity index (χ2v) is 9.89. The summed E-state index contributed by atoms with van der Waals surface area (Å²) in [6, 6.07) is -0.0884. The molecule has 0 amide bonds. The van der Waals surface area contributed by atoms with Gasteiger partial charge in [0.2, 0.25) is 0 Å². The molecule has 5 nitrogen and oxygen atoms in total. The molecule has 7 heteroatoms. The molecule has 0 saturated heterocycles.